The molecular weight excluding hydrogens is 238 g/mol. The van der Waals surface area contributed by atoms with Gasteiger partial charge in [-0.05, 0) is 18.7 Å². The van der Waals surface area contributed by atoms with Gasteiger partial charge in [-0.3, -0.25) is 4.90 Å². The molecular formula is C15H23N3O. The Kier molecular flexibility index (Phi) is 3.73. The second-order valence-electron chi connectivity index (χ2n) is 5.70. The SMILES string of the molecule is CN1CCN(CC2Cc3ccccc3O2)C(CN)C1. The average molecular weight is 261 g/mol. The second kappa shape index (κ2) is 5.49. The molecule has 4 nitrogen and oxygen atoms in total. The van der Waals surface area contributed by atoms with Crippen LogP contribution in [0.2, 0.25) is 0 Å². The molecule has 19 heavy (non-hydrogen) atoms. The number of benzene rings is 1. The zero-order valence-corrected chi connectivity index (χ0v) is 11.6. The van der Waals surface area contributed by atoms with Crippen molar-refractivity contribution in [1.29, 1.82) is 0 Å². The van der Waals surface area contributed by atoms with Gasteiger partial charge in [0.1, 0.15) is 11.9 Å². The summed E-state index contributed by atoms with van der Waals surface area (Å²) in [7, 11) is 2.17. The van der Waals surface area contributed by atoms with E-state index in [-0.39, 0.29) is 6.10 Å². The van der Waals surface area contributed by atoms with Crippen molar-refractivity contribution in [3.63, 3.8) is 0 Å². The van der Waals surface area contributed by atoms with Crippen molar-refractivity contribution in [1.82, 2.24) is 9.80 Å². The van der Waals surface area contributed by atoms with Crippen molar-refractivity contribution >= 4 is 0 Å². The molecule has 2 aliphatic heterocycles. The number of nitrogens with zero attached hydrogens (tertiary/aromatic N) is 2. The Morgan fingerprint density at radius 1 is 1.32 bits per heavy atom. The molecule has 1 saturated heterocycles. The standard InChI is InChI=1S/C15H23N3O/c1-17-6-7-18(13(9-16)10-17)11-14-8-12-4-2-3-5-15(12)19-14/h2-5,13-14H,6-11,16H2,1H3. The molecule has 0 aliphatic carbocycles. The first kappa shape index (κ1) is 12.9. The van der Waals surface area contributed by atoms with Crippen molar-refractivity contribution in [2.24, 2.45) is 5.73 Å². The number of rotatable bonds is 3. The van der Waals surface area contributed by atoms with Gasteiger partial charge in [0.25, 0.3) is 0 Å². The Labute approximate surface area is 115 Å². The molecule has 2 N–H and O–H groups in total. The maximum atomic E-state index is 6.03. The fourth-order valence-electron chi connectivity index (χ4n) is 3.13. The number of piperazine rings is 1. The number of nitrogens with two attached hydrogens (primary N) is 1. The topological polar surface area (TPSA) is 41.7 Å². The van der Waals surface area contributed by atoms with E-state index in [0.717, 1.165) is 44.9 Å². The molecule has 2 atom stereocenters. The molecule has 2 heterocycles. The van der Waals surface area contributed by atoms with E-state index >= 15 is 0 Å². The summed E-state index contributed by atoms with van der Waals surface area (Å²) in [5, 5.41) is 0. The van der Waals surface area contributed by atoms with Gasteiger partial charge in [-0.25, -0.2) is 0 Å². The number of fused-ring (bicyclic) bond motifs is 1. The molecule has 1 aromatic rings. The van der Waals surface area contributed by atoms with Crippen molar-refractivity contribution in [3.05, 3.63) is 29.8 Å². The molecule has 0 aromatic heterocycles. The highest BCUT2D eigenvalue weighted by atomic mass is 16.5. The lowest BCUT2D eigenvalue weighted by molar-refractivity contribution is 0.0597. The van der Waals surface area contributed by atoms with E-state index in [4.69, 9.17) is 10.5 Å². The van der Waals surface area contributed by atoms with Crippen LogP contribution in [0.5, 0.6) is 5.75 Å². The predicted molar refractivity (Wildman–Crippen MR) is 76.5 cm³/mol. The first-order valence-electron chi connectivity index (χ1n) is 7.13. The summed E-state index contributed by atoms with van der Waals surface area (Å²) in [5.74, 6) is 1.06. The lowest BCUT2D eigenvalue weighted by atomic mass is 10.1. The maximum absolute atomic E-state index is 6.03. The third-order valence-electron chi connectivity index (χ3n) is 4.23. The van der Waals surface area contributed by atoms with Crippen LogP contribution in [0.15, 0.2) is 24.3 Å². The molecule has 0 bridgehead atoms. The van der Waals surface area contributed by atoms with Gasteiger partial charge in [0.2, 0.25) is 0 Å². The van der Waals surface area contributed by atoms with Gasteiger partial charge in [-0.2, -0.15) is 0 Å². The highest BCUT2D eigenvalue weighted by Crippen LogP contribution is 2.28. The molecule has 0 spiro atoms. The van der Waals surface area contributed by atoms with Crippen LogP contribution in [0.4, 0.5) is 0 Å². The van der Waals surface area contributed by atoms with Gasteiger partial charge in [0, 0.05) is 45.2 Å². The van der Waals surface area contributed by atoms with Gasteiger partial charge in [0.15, 0.2) is 0 Å². The summed E-state index contributed by atoms with van der Waals surface area (Å²) >= 11 is 0. The van der Waals surface area contributed by atoms with Crippen LogP contribution in [-0.4, -0.2) is 61.7 Å². The van der Waals surface area contributed by atoms with Crippen LogP contribution in [0, 0.1) is 0 Å². The predicted octanol–water partition coefficient (Wildman–Crippen LogP) is 0.565. The third-order valence-corrected chi connectivity index (χ3v) is 4.23. The molecule has 4 heteroatoms. The number of hydrogen-bond acceptors (Lipinski definition) is 4. The first-order valence-corrected chi connectivity index (χ1v) is 7.13. The van der Waals surface area contributed by atoms with Gasteiger partial charge < -0.3 is 15.4 Å². The van der Waals surface area contributed by atoms with E-state index in [0.29, 0.717) is 6.04 Å². The average Bonchev–Trinajstić information content (AvgIpc) is 2.83. The normalized spacial score (nSPS) is 28.1. The van der Waals surface area contributed by atoms with E-state index in [1.54, 1.807) is 0 Å². The molecule has 0 saturated carbocycles. The van der Waals surface area contributed by atoms with Gasteiger partial charge in [0.05, 0.1) is 0 Å². The van der Waals surface area contributed by atoms with Gasteiger partial charge in [-0.1, -0.05) is 18.2 Å². The van der Waals surface area contributed by atoms with Gasteiger partial charge in [-0.15, -0.1) is 0 Å². The Balaban J connectivity index is 1.61. The first-order chi connectivity index (χ1) is 9.26. The molecule has 0 amide bonds. The van der Waals surface area contributed by atoms with Crippen molar-refractivity contribution in [2.45, 2.75) is 18.6 Å². The van der Waals surface area contributed by atoms with Crippen LogP contribution in [-0.2, 0) is 6.42 Å². The zero-order valence-electron chi connectivity index (χ0n) is 11.6. The van der Waals surface area contributed by atoms with Crippen LogP contribution in [0.3, 0.4) is 0 Å². The fraction of sp³-hybridized carbons (Fsp3) is 0.600. The summed E-state index contributed by atoms with van der Waals surface area (Å²) in [5.41, 5.74) is 7.24. The molecule has 0 radical (unpaired) electrons. The minimum Gasteiger partial charge on any atom is -0.488 e. The summed E-state index contributed by atoms with van der Waals surface area (Å²) in [6.07, 6.45) is 1.31. The van der Waals surface area contributed by atoms with Crippen LogP contribution < -0.4 is 10.5 Å². The Morgan fingerprint density at radius 2 is 2.16 bits per heavy atom. The quantitative estimate of drug-likeness (QED) is 0.863. The smallest absolute Gasteiger partial charge is 0.123 e. The molecule has 2 aliphatic rings. The minimum absolute atomic E-state index is 0.287. The largest absolute Gasteiger partial charge is 0.488 e. The van der Waals surface area contributed by atoms with Crippen molar-refractivity contribution in [2.75, 3.05) is 39.8 Å². The zero-order chi connectivity index (χ0) is 13.2. The Morgan fingerprint density at radius 3 is 2.95 bits per heavy atom. The highest BCUT2D eigenvalue weighted by molar-refractivity contribution is 5.37. The fourth-order valence-corrected chi connectivity index (χ4v) is 3.13. The Bertz CT molecular complexity index is 412. The molecule has 1 fully saturated rings. The van der Waals surface area contributed by atoms with Crippen molar-refractivity contribution < 1.29 is 4.74 Å². The number of ether oxygens (including phenoxy) is 1. The molecule has 1 aromatic carbocycles. The van der Waals surface area contributed by atoms with Crippen LogP contribution in [0.25, 0.3) is 0 Å². The molecule has 3 rings (SSSR count). The molecule has 104 valence electrons. The van der Waals surface area contributed by atoms with E-state index < -0.39 is 0 Å². The highest BCUT2D eigenvalue weighted by Gasteiger charge is 2.29. The van der Waals surface area contributed by atoms with E-state index in [9.17, 15) is 0 Å². The second-order valence-corrected chi connectivity index (χ2v) is 5.70. The summed E-state index contributed by atoms with van der Waals surface area (Å²) in [6.45, 7) is 5.00. The van der Waals surface area contributed by atoms with E-state index in [1.165, 1.54) is 5.56 Å². The molecule has 2 unspecified atom stereocenters. The summed E-state index contributed by atoms with van der Waals surface area (Å²) in [4.78, 5) is 4.86. The lowest BCUT2D eigenvalue weighted by Crippen LogP contribution is -2.56. The Hall–Kier alpha value is -1.10. The van der Waals surface area contributed by atoms with E-state index in [1.807, 2.05) is 6.07 Å². The van der Waals surface area contributed by atoms with Crippen LogP contribution in [0.1, 0.15) is 5.56 Å². The van der Waals surface area contributed by atoms with Crippen LogP contribution >= 0.6 is 0 Å². The number of para-hydroxylation sites is 1. The summed E-state index contributed by atoms with van der Waals surface area (Å²) in [6, 6.07) is 8.83. The van der Waals surface area contributed by atoms with Crippen molar-refractivity contribution in [3.8, 4) is 5.75 Å². The number of likely N-dealkylation sites (N-methyl/N-ethyl adjacent to an activating group) is 1. The van der Waals surface area contributed by atoms with Gasteiger partial charge >= 0.3 is 0 Å². The van der Waals surface area contributed by atoms with E-state index in [2.05, 4.69) is 35.0 Å². The third kappa shape index (κ3) is 2.76. The number of hydrogen-bond donors (Lipinski definition) is 1. The summed E-state index contributed by atoms with van der Waals surface area (Å²) < 4.78 is 6.03. The lowest BCUT2D eigenvalue weighted by Gasteiger charge is -2.40. The monoisotopic (exact) mass is 261 g/mol. The minimum atomic E-state index is 0.287. The maximum Gasteiger partial charge on any atom is 0.123 e.